The first-order chi connectivity index (χ1) is 18.0. The van der Waals surface area contributed by atoms with Gasteiger partial charge in [-0.25, -0.2) is 0 Å². The van der Waals surface area contributed by atoms with Crippen molar-refractivity contribution in [2.45, 2.75) is 20.8 Å². The van der Waals surface area contributed by atoms with Crippen LogP contribution in [0.2, 0.25) is 0 Å². The van der Waals surface area contributed by atoms with Crippen molar-refractivity contribution < 1.29 is 18.7 Å². The van der Waals surface area contributed by atoms with Crippen molar-refractivity contribution in [1.29, 1.82) is 0 Å². The molecule has 5 aromatic rings. The summed E-state index contributed by atoms with van der Waals surface area (Å²) in [5.74, 6) is 1.17. The van der Waals surface area contributed by atoms with Crippen LogP contribution in [0.3, 0.4) is 0 Å². The van der Waals surface area contributed by atoms with Gasteiger partial charge in [-0.15, -0.1) is 0 Å². The zero-order valence-corrected chi connectivity index (χ0v) is 21.4. The first kappa shape index (κ1) is 24.2. The Kier molecular flexibility index (Phi) is 6.69. The predicted octanol–water partition coefficient (Wildman–Crippen LogP) is 8.01. The molecule has 1 N–H and O–H groups in total. The molecule has 0 saturated heterocycles. The van der Waals surface area contributed by atoms with Crippen molar-refractivity contribution in [3.8, 4) is 22.6 Å². The van der Waals surface area contributed by atoms with E-state index >= 15 is 0 Å². The van der Waals surface area contributed by atoms with Crippen molar-refractivity contribution in [2.75, 3.05) is 19.0 Å². The average molecular weight is 492 g/mol. The number of amides is 1. The summed E-state index contributed by atoms with van der Waals surface area (Å²) in [6.45, 7) is 6.37. The average Bonchev–Trinajstić information content (AvgIpc) is 3.34. The predicted molar refractivity (Wildman–Crippen MR) is 150 cm³/mol. The van der Waals surface area contributed by atoms with E-state index in [-0.39, 0.29) is 5.91 Å². The van der Waals surface area contributed by atoms with E-state index in [2.05, 4.69) is 41.7 Å². The summed E-state index contributed by atoms with van der Waals surface area (Å²) < 4.78 is 17.4. The summed E-state index contributed by atoms with van der Waals surface area (Å²) in [7, 11) is 1.60. The molecule has 0 fully saturated rings. The maximum absolute atomic E-state index is 12.9. The monoisotopic (exact) mass is 491 g/mol. The van der Waals surface area contributed by atoms with E-state index in [0.29, 0.717) is 18.0 Å². The van der Waals surface area contributed by atoms with Crippen LogP contribution in [-0.4, -0.2) is 19.6 Å². The number of rotatable bonds is 7. The number of carbonyl (C=O) groups is 1. The van der Waals surface area contributed by atoms with E-state index < -0.39 is 0 Å². The van der Waals surface area contributed by atoms with Gasteiger partial charge in [-0.1, -0.05) is 48.5 Å². The summed E-state index contributed by atoms with van der Waals surface area (Å²) in [5.41, 5.74) is 6.11. The lowest BCUT2D eigenvalue weighted by atomic mass is 9.94. The number of hydrogen-bond acceptors (Lipinski definition) is 4. The molecular formula is C32H29NO4. The molecule has 186 valence electrons. The van der Waals surface area contributed by atoms with Crippen LogP contribution in [0.1, 0.15) is 25.0 Å². The molecular weight excluding hydrogens is 462 g/mol. The molecule has 5 heteroatoms. The number of methoxy groups -OCH3 is 1. The van der Waals surface area contributed by atoms with Gasteiger partial charge in [-0.3, -0.25) is 4.79 Å². The van der Waals surface area contributed by atoms with Gasteiger partial charge in [-0.05, 0) is 60.9 Å². The van der Waals surface area contributed by atoms with Crippen molar-refractivity contribution in [1.82, 2.24) is 0 Å². The highest BCUT2D eigenvalue weighted by Gasteiger charge is 2.20. The maximum atomic E-state index is 12.9. The Balaban J connectivity index is 1.60. The van der Waals surface area contributed by atoms with Crippen LogP contribution in [0.5, 0.6) is 11.5 Å². The van der Waals surface area contributed by atoms with Gasteiger partial charge in [0, 0.05) is 39.9 Å². The zero-order valence-electron chi connectivity index (χ0n) is 21.4. The molecule has 0 spiro atoms. The molecule has 4 aromatic carbocycles. The molecule has 0 aliphatic rings. The Hall–Kier alpha value is -4.51. The number of furan rings is 1. The minimum Gasteiger partial charge on any atom is -0.497 e. The molecule has 1 amide bonds. The van der Waals surface area contributed by atoms with Gasteiger partial charge in [0.25, 0.3) is 0 Å². The topological polar surface area (TPSA) is 60.7 Å². The van der Waals surface area contributed by atoms with Gasteiger partial charge >= 0.3 is 0 Å². The summed E-state index contributed by atoms with van der Waals surface area (Å²) in [4.78, 5) is 12.9. The maximum Gasteiger partial charge on any atom is 0.248 e. The van der Waals surface area contributed by atoms with Crippen LogP contribution in [0, 0.1) is 6.92 Å². The van der Waals surface area contributed by atoms with Crippen molar-refractivity contribution in [2.24, 2.45) is 0 Å². The largest absolute Gasteiger partial charge is 0.497 e. The fourth-order valence-electron chi connectivity index (χ4n) is 4.76. The van der Waals surface area contributed by atoms with E-state index in [1.165, 1.54) is 5.39 Å². The van der Waals surface area contributed by atoms with Crippen LogP contribution >= 0.6 is 0 Å². The second-order valence-corrected chi connectivity index (χ2v) is 8.91. The molecule has 0 saturated carbocycles. The number of allylic oxidation sites excluding steroid dienone is 1. The van der Waals surface area contributed by atoms with Crippen LogP contribution in [-0.2, 0) is 4.79 Å². The quantitative estimate of drug-likeness (QED) is 0.234. The number of fused-ring (bicyclic) bond motifs is 2. The van der Waals surface area contributed by atoms with Crippen LogP contribution in [0.15, 0.2) is 89.6 Å². The van der Waals surface area contributed by atoms with Gasteiger partial charge in [0.05, 0.1) is 20.0 Å². The SMILES string of the molecule is CCOc1c(/C(C)=C/C(=O)Nc2cccc(OC)c2)cc2c(-c3cccc4ccccc34)coc2c1C. The number of ether oxygens (including phenoxy) is 2. The van der Waals surface area contributed by atoms with E-state index in [4.69, 9.17) is 13.9 Å². The lowest BCUT2D eigenvalue weighted by Gasteiger charge is -2.15. The third kappa shape index (κ3) is 4.68. The zero-order chi connectivity index (χ0) is 25.9. The molecule has 5 rings (SSSR count). The van der Waals surface area contributed by atoms with Gasteiger partial charge in [0.1, 0.15) is 17.1 Å². The fraction of sp³-hybridized carbons (Fsp3) is 0.156. The normalized spacial score (nSPS) is 11.6. The highest BCUT2D eigenvalue weighted by atomic mass is 16.5. The lowest BCUT2D eigenvalue weighted by Crippen LogP contribution is -2.09. The number of nitrogens with one attached hydrogen (secondary N) is 1. The van der Waals surface area contributed by atoms with Crippen molar-refractivity contribution >= 4 is 38.9 Å². The molecule has 1 aromatic heterocycles. The van der Waals surface area contributed by atoms with Gasteiger partial charge < -0.3 is 19.2 Å². The van der Waals surface area contributed by atoms with E-state index in [0.717, 1.165) is 49.9 Å². The Morgan fingerprint density at radius 3 is 2.57 bits per heavy atom. The summed E-state index contributed by atoms with van der Waals surface area (Å²) >= 11 is 0. The summed E-state index contributed by atoms with van der Waals surface area (Å²) in [5, 5.41) is 6.23. The molecule has 0 atom stereocenters. The third-order valence-electron chi connectivity index (χ3n) is 6.52. The fourth-order valence-corrected chi connectivity index (χ4v) is 4.76. The minimum atomic E-state index is -0.229. The second kappa shape index (κ2) is 10.2. The van der Waals surface area contributed by atoms with Gasteiger partial charge in [0.2, 0.25) is 5.91 Å². The van der Waals surface area contributed by atoms with E-state index in [1.807, 2.05) is 57.4 Å². The molecule has 1 heterocycles. The molecule has 37 heavy (non-hydrogen) atoms. The van der Waals surface area contributed by atoms with Gasteiger partial charge in [0.15, 0.2) is 0 Å². The molecule has 0 radical (unpaired) electrons. The van der Waals surface area contributed by atoms with Crippen LogP contribution in [0.4, 0.5) is 5.69 Å². The first-order valence-corrected chi connectivity index (χ1v) is 12.3. The standard InChI is InChI=1S/C32H29NO4/c1-5-36-31-21(3)32-28(29(19-37-32)26-15-8-11-22-10-6-7-14-25(22)26)18-27(31)20(2)16-30(34)33-23-12-9-13-24(17-23)35-4/h6-19H,5H2,1-4H3,(H,33,34)/b20-16+. The second-order valence-electron chi connectivity index (χ2n) is 8.91. The summed E-state index contributed by atoms with van der Waals surface area (Å²) in [6, 6.07) is 24.0. The Bertz CT molecular complexity index is 1640. The Labute approximate surface area is 216 Å². The third-order valence-corrected chi connectivity index (χ3v) is 6.52. The van der Waals surface area contributed by atoms with Gasteiger partial charge in [-0.2, -0.15) is 0 Å². The molecule has 0 unspecified atom stereocenters. The highest BCUT2D eigenvalue weighted by Crippen LogP contribution is 2.42. The molecule has 0 aliphatic carbocycles. The molecule has 0 bridgehead atoms. The van der Waals surface area contributed by atoms with E-state index in [9.17, 15) is 4.79 Å². The van der Waals surface area contributed by atoms with E-state index in [1.54, 1.807) is 19.3 Å². The lowest BCUT2D eigenvalue weighted by molar-refractivity contribution is -0.111. The highest BCUT2D eigenvalue weighted by molar-refractivity contribution is 6.08. The molecule has 0 aliphatic heterocycles. The Morgan fingerprint density at radius 1 is 0.973 bits per heavy atom. The number of anilines is 1. The van der Waals surface area contributed by atoms with Crippen LogP contribution < -0.4 is 14.8 Å². The minimum absolute atomic E-state index is 0.229. The van der Waals surface area contributed by atoms with Crippen LogP contribution in [0.25, 0.3) is 38.4 Å². The molecule has 5 nitrogen and oxygen atoms in total. The van der Waals surface area contributed by atoms with Crippen molar-refractivity contribution in [3.63, 3.8) is 0 Å². The number of aryl methyl sites for hydroxylation is 1. The Morgan fingerprint density at radius 2 is 1.76 bits per heavy atom. The van der Waals surface area contributed by atoms with Crippen molar-refractivity contribution in [3.05, 3.63) is 96.3 Å². The summed E-state index contributed by atoms with van der Waals surface area (Å²) in [6.07, 6.45) is 3.41. The number of carbonyl (C=O) groups excluding carboxylic acids is 1. The smallest absolute Gasteiger partial charge is 0.248 e. The number of benzene rings is 4. The first-order valence-electron chi connectivity index (χ1n) is 12.3. The number of hydrogen-bond donors (Lipinski definition) is 1.